The zero-order valence-electron chi connectivity index (χ0n) is 46.4. The normalized spacial score (nSPS) is 17.8. The highest BCUT2D eigenvalue weighted by atomic mass is 35.5. The highest BCUT2D eigenvalue weighted by molar-refractivity contribution is 7.90. The molecule has 1 aliphatic heterocycles. The summed E-state index contributed by atoms with van der Waals surface area (Å²) in [5.74, 6) is 1.11. The van der Waals surface area contributed by atoms with E-state index >= 15 is 0 Å². The van der Waals surface area contributed by atoms with E-state index in [-0.39, 0.29) is 131 Å². The van der Waals surface area contributed by atoms with Crippen LogP contribution in [0.15, 0.2) is 70.5 Å². The van der Waals surface area contributed by atoms with Crippen molar-refractivity contribution in [3.05, 3.63) is 103 Å². The smallest absolute Gasteiger partial charge is 0.314 e. The van der Waals surface area contributed by atoms with E-state index < -0.39 is 26.2 Å². The van der Waals surface area contributed by atoms with Crippen LogP contribution in [0.5, 0.6) is 23.0 Å². The Hall–Kier alpha value is -4.64. The van der Waals surface area contributed by atoms with E-state index in [1.165, 1.54) is 32.4 Å². The lowest BCUT2D eigenvalue weighted by Gasteiger charge is -2.38. The fourth-order valence-corrected chi connectivity index (χ4v) is 13.4. The molecule has 1 heterocycles. The lowest BCUT2D eigenvalue weighted by molar-refractivity contribution is 0.0516. The highest BCUT2D eigenvalue weighted by Gasteiger charge is 2.41. The number of benzene rings is 4. The first kappa shape index (κ1) is 65.9. The minimum atomic E-state index is -3.98. The zero-order valence-corrected chi connectivity index (χ0v) is 51.1. The summed E-state index contributed by atoms with van der Waals surface area (Å²) >= 11 is 25.7. The molecule has 0 saturated carbocycles. The van der Waals surface area contributed by atoms with Crippen LogP contribution >= 0.6 is 46.4 Å². The van der Waals surface area contributed by atoms with Crippen LogP contribution in [0.2, 0.25) is 20.1 Å². The standard InChI is InChI=1S/C55H74Cl4N8O14S2/c1-74-49-32-39(80-48-10-9-41-43(48)28-36(56)30-45(41)58)7-11-51(49)82(70,71)65-17-22-78-26-24-76-20-15-63-54(68)61-13-3-4-14-62-55(69)64-16-21-77-25-27-79-23-18-66-83(72,73)52-12-8-40(33-50(52)75-2)81-53-44-29-37(57)31-46(59)42(44)34-47(53)67-19-5-6-38(60)35-67/h7-8,11-12,28-33,38,47-48,53,65-66H,3-6,9-10,13-27,34-35,60H2,1-2H3,(H2,61,63,68)(H2,62,64,69)/t38-,47+,48-,53+/m1/s1. The van der Waals surface area contributed by atoms with Gasteiger partial charge in [0, 0.05) is 89.6 Å². The minimum absolute atomic E-state index is 0.00349. The second-order valence-electron chi connectivity index (χ2n) is 19.7. The van der Waals surface area contributed by atoms with Gasteiger partial charge in [-0.3, -0.25) is 4.90 Å². The maximum absolute atomic E-state index is 13.3. The first-order chi connectivity index (χ1) is 40.0. The van der Waals surface area contributed by atoms with Crippen LogP contribution in [0.4, 0.5) is 9.59 Å². The number of fused-ring (bicyclic) bond motifs is 2. The largest absolute Gasteiger partial charge is 0.495 e. The molecular weight excluding hydrogens is 1200 g/mol. The molecule has 0 spiro atoms. The van der Waals surface area contributed by atoms with Gasteiger partial charge in [-0.05, 0) is 117 Å². The van der Waals surface area contributed by atoms with Crippen molar-refractivity contribution in [1.82, 2.24) is 35.6 Å². The number of hydrogen-bond acceptors (Lipinski definition) is 16. The van der Waals surface area contributed by atoms with Crippen LogP contribution < -0.4 is 55.4 Å². The lowest BCUT2D eigenvalue weighted by atomic mass is 10.0. The molecule has 4 amide bonds. The molecule has 0 unspecified atom stereocenters. The van der Waals surface area contributed by atoms with Crippen molar-refractivity contribution < 1.29 is 64.3 Å². The molecule has 0 radical (unpaired) electrons. The molecule has 83 heavy (non-hydrogen) atoms. The summed E-state index contributed by atoms with van der Waals surface area (Å²) in [4.78, 5) is 26.5. The van der Waals surface area contributed by atoms with Crippen LogP contribution in [0.25, 0.3) is 0 Å². The van der Waals surface area contributed by atoms with Crippen LogP contribution in [-0.4, -0.2) is 165 Å². The number of rotatable bonds is 34. The average Bonchev–Trinajstić information content (AvgIpc) is 4.29. The van der Waals surface area contributed by atoms with Gasteiger partial charge in [0.15, 0.2) is 0 Å². The Balaban J connectivity index is 0.649. The van der Waals surface area contributed by atoms with Crippen molar-refractivity contribution in [2.75, 3.05) is 119 Å². The molecule has 0 bridgehead atoms. The van der Waals surface area contributed by atoms with Crippen LogP contribution in [0.3, 0.4) is 0 Å². The third kappa shape index (κ3) is 19.7. The summed E-state index contributed by atoms with van der Waals surface area (Å²) < 4.78 is 104. The number of urea groups is 2. The quantitative estimate of drug-likeness (QED) is 0.0244. The summed E-state index contributed by atoms with van der Waals surface area (Å²) in [6.45, 7) is 4.54. The van der Waals surface area contributed by atoms with Gasteiger partial charge in [-0.2, -0.15) is 0 Å². The average molecular weight is 1280 g/mol. The molecule has 3 aliphatic rings. The Labute approximate surface area is 505 Å². The number of likely N-dealkylation sites (tertiary alicyclic amines) is 1. The number of methoxy groups -OCH3 is 2. The van der Waals surface area contributed by atoms with E-state index in [4.69, 9.17) is 90.0 Å². The summed E-state index contributed by atoms with van der Waals surface area (Å²) in [5.41, 5.74) is 10.1. The van der Waals surface area contributed by atoms with E-state index in [0.717, 1.165) is 54.6 Å². The maximum Gasteiger partial charge on any atom is 0.314 e. The van der Waals surface area contributed by atoms with Crippen molar-refractivity contribution in [2.45, 2.75) is 79.0 Å². The Morgan fingerprint density at radius 3 is 1.59 bits per heavy atom. The molecule has 4 aromatic rings. The molecule has 22 nitrogen and oxygen atoms in total. The summed E-state index contributed by atoms with van der Waals surface area (Å²) in [5, 5.41) is 13.1. The van der Waals surface area contributed by atoms with Crippen molar-refractivity contribution in [3.8, 4) is 23.0 Å². The lowest BCUT2D eigenvalue weighted by Crippen LogP contribution is -2.49. The third-order valence-electron chi connectivity index (χ3n) is 13.9. The van der Waals surface area contributed by atoms with Crippen molar-refractivity contribution in [2.24, 2.45) is 5.73 Å². The number of carbonyl (C=O) groups excluding carboxylic acids is 2. The number of nitrogens with zero attached hydrogens (tertiary/aromatic N) is 1. The van der Waals surface area contributed by atoms with E-state index in [1.807, 2.05) is 12.1 Å². The predicted octanol–water partition coefficient (Wildman–Crippen LogP) is 6.55. The number of amides is 4. The molecule has 4 atom stereocenters. The summed E-state index contributed by atoms with van der Waals surface area (Å²) in [7, 11) is -5.13. The van der Waals surface area contributed by atoms with Gasteiger partial charge in [0.1, 0.15) is 45.0 Å². The SMILES string of the molecule is COc1cc(O[C@@H]2CCc3c(Cl)cc(Cl)cc32)ccc1S(=O)(=O)NCCOCCOCCNC(=O)NCCCCNC(=O)NCCOCCOCCNS(=O)(=O)c1ccc(O[C@H]2c3cc(Cl)cc(Cl)c3C[C@@H]2N2CCC[C@@H](N)C2)cc1OC. The molecule has 458 valence electrons. The molecule has 7 rings (SSSR count). The fraction of sp³-hybridized carbons (Fsp3) is 0.527. The van der Waals surface area contributed by atoms with Gasteiger partial charge in [-0.1, -0.05) is 46.4 Å². The van der Waals surface area contributed by atoms with E-state index in [0.29, 0.717) is 70.4 Å². The van der Waals surface area contributed by atoms with E-state index in [2.05, 4.69) is 35.6 Å². The number of nitrogens with two attached hydrogens (primary N) is 1. The molecule has 28 heteroatoms. The number of hydrogen-bond donors (Lipinski definition) is 7. The van der Waals surface area contributed by atoms with Gasteiger partial charge in [0.25, 0.3) is 0 Å². The van der Waals surface area contributed by atoms with Gasteiger partial charge in [0.2, 0.25) is 20.0 Å². The molecule has 4 aromatic carbocycles. The van der Waals surface area contributed by atoms with Crippen LogP contribution in [-0.2, 0) is 51.8 Å². The minimum Gasteiger partial charge on any atom is -0.495 e. The number of nitrogens with one attached hydrogen (secondary N) is 6. The fourth-order valence-electron chi connectivity index (χ4n) is 9.89. The Morgan fingerprint density at radius 1 is 0.590 bits per heavy atom. The zero-order chi connectivity index (χ0) is 59.4. The van der Waals surface area contributed by atoms with Gasteiger partial charge >= 0.3 is 12.1 Å². The van der Waals surface area contributed by atoms with Crippen molar-refractivity contribution >= 4 is 78.5 Å². The third-order valence-corrected chi connectivity index (χ3v) is 18.0. The number of ether oxygens (including phenoxy) is 8. The van der Waals surface area contributed by atoms with Crippen LogP contribution in [0.1, 0.15) is 66.6 Å². The Bertz CT molecular complexity index is 3030. The maximum atomic E-state index is 13.3. The number of piperidine rings is 1. The molecule has 8 N–H and O–H groups in total. The monoisotopic (exact) mass is 1270 g/mol. The van der Waals surface area contributed by atoms with Gasteiger partial charge < -0.3 is 64.9 Å². The number of unbranched alkanes of at least 4 members (excludes halogenated alkanes) is 1. The van der Waals surface area contributed by atoms with Crippen LogP contribution in [0, 0.1) is 0 Å². The molecule has 0 aromatic heterocycles. The van der Waals surface area contributed by atoms with E-state index in [9.17, 15) is 26.4 Å². The first-order valence-electron chi connectivity index (χ1n) is 27.4. The number of sulfonamides is 2. The Morgan fingerprint density at radius 2 is 1.07 bits per heavy atom. The first-order valence-corrected chi connectivity index (χ1v) is 31.9. The Kier molecular flexibility index (Phi) is 26.0. The highest BCUT2D eigenvalue weighted by Crippen LogP contribution is 2.45. The van der Waals surface area contributed by atoms with Gasteiger partial charge in [-0.25, -0.2) is 35.9 Å². The topological polar surface area (TPSA) is 278 Å². The molecule has 1 fully saturated rings. The molecule has 1 saturated heterocycles. The predicted molar refractivity (Wildman–Crippen MR) is 316 cm³/mol. The second kappa shape index (κ2) is 32.7. The van der Waals surface area contributed by atoms with Gasteiger partial charge in [-0.15, -0.1) is 0 Å². The van der Waals surface area contributed by atoms with Crippen molar-refractivity contribution in [1.29, 1.82) is 0 Å². The molecule has 2 aliphatic carbocycles. The van der Waals surface area contributed by atoms with Crippen molar-refractivity contribution in [3.63, 3.8) is 0 Å². The van der Waals surface area contributed by atoms with Gasteiger partial charge in [0.05, 0.1) is 73.1 Å². The second-order valence-corrected chi connectivity index (χ2v) is 24.9. The summed E-state index contributed by atoms with van der Waals surface area (Å²) in [6.07, 6.45) is 4.61. The van der Waals surface area contributed by atoms with E-state index in [1.54, 1.807) is 30.3 Å². The summed E-state index contributed by atoms with van der Waals surface area (Å²) in [6, 6.07) is 15.6. The molecular formula is C55H74Cl4N8O14S2. The number of halogens is 4. The number of carbonyl (C=O) groups is 2.